The molecule has 1 aromatic heterocycles. The molecule has 0 saturated heterocycles. The van der Waals surface area contributed by atoms with Crippen molar-refractivity contribution in [3.8, 4) is 0 Å². The van der Waals surface area contributed by atoms with Gasteiger partial charge in [0.15, 0.2) is 0 Å². The molecule has 7 nitrogen and oxygen atoms in total. The third-order valence-electron chi connectivity index (χ3n) is 4.98. The van der Waals surface area contributed by atoms with Crippen LogP contribution in [0, 0.1) is 0 Å². The van der Waals surface area contributed by atoms with Crippen molar-refractivity contribution in [2.45, 2.75) is 25.4 Å². The number of nitrogens with zero attached hydrogens (tertiary/aromatic N) is 1. The van der Waals surface area contributed by atoms with Crippen molar-refractivity contribution in [3.05, 3.63) is 56.7 Å². The van der Waals surface area contributed by atoms with Crippen molar-refractivity contribution in [2.75, 3.05) is 26.7 Å². The Balaban J connectivity index is 1.76. The molecule has 160 valence electrons. The summed E-state index contributed by atoms with van der Waals surface area (Å²) in [6, 6.07) is 10.2. The topological polar surface area (TPSA) is 90.5 Å². The van der Waals surface area contributed by atoms with E-state index in [2.05, 4.69) is 26.9 Å². The van der Waals surface area contributed by atoms with E-state index in [1.54, 1.807) is 12.1 Å². The minimum atomic E-state index is -0.914. The first kappa shape index (κ1) is 22.3. The summed E-state index contributed by atoms with van der Waals surface area (Å²) in [5.41, 5.74) is 2.27. The van der Waals surface area contributed by atoms with Crippen LogP contribution in [0.2, 0.25) is 4.34 Å². The van der Waals surface area contributed by atoms with Crippen LogP contribution in [0.25, 0.3) is 0 Å². The van der Waals surface area contributed by atoms with Gasteiger partial charge in [-0.3, -0.25) is 14.4 Å². The molecular formula is C21H25ClN4O3S. The Bertz CT molecular complexity index is 932. The lowest BCUT2D eigenvalue weighted by Gasteiger charge is -2.26. The molecule has 3 amide bonds. The molecule has 3 rings (SSSR count). The Hall–Kier alpha value is -2.42. The molecule has 0 bridgehead atoms. The van der Waals surface area contributed by atoms with E-state index >= 15 is 0 Å². The highest BCUT2D eigenvalue weighted by Gasteiger charge is 2.28. The summed E-state index contributed by atoms with van der Waals surface area (Å²) >= 11 is 7.04. The SMILES string of the molecule is CC(=O)NC[C@@H](NC(=O)c1ccc(Cl)s1)C(=O)NC1CN(C)CCc2ccccc21. The fourth-order valence-corrected chi connectivity index (χ4v) is 4.38. The summed E-state index contributed by atoms with van der Waals surface area (Å²) in [4.78, 5) is 39.6. The molecule has 1 aliphatic heterocycles. The van der Waals surface area contributed by atoms with Gasteiger partial charge in [-0.1, -0.05) is 35.9 Å². The van der Waals surface area contributed by atoms with Gasteiger partial charge in [-0.15, -0.1) is 11.3 Å². The Labute approximate surface area is 184 Å². The van der Waals surface area contributed by atoms with Crippen LogP contribution < -0.4 is 16.0 Å². The van der Waals surface area contributed by atoms with E-state index in [-0.39, 0.29) is 24.4 Å². The predicted octanol–water partition coefficient (Wildman–Crippen LogP) is 1.98. The first-order valence-electron chi connectivity index (χ1n) is 9.71. The minimum absolute atomic E-state index is 0.00375. The van der Waals surface area contributed by atoms with E-state index in [0.717, 1.165) is 29.9 Å². The Morgan fingerprint density at radius 1 is 1.23 bits per heavy atom. The number of benzene rings is 1. The Morgan fingerprint density at radius 2 is 2.00 bits per heavy atom. The van der Waals surface area contributed by atoms with Crippen molar-refractivity contribution in [1.82, 2.24) is 20.9 Å². The van der Waals surface area contributed by atoms with E-state index in [9.17, 15) is 14.4 Å². The first-order valence-corrected chi connectivity index (χ1v) is 10.9. The maximum Gasteiger partial charge on any atom is 0.262 e. The molecule has 1 unspecified atom stereocenters. The summed E-state index contributed by atoms with van der Waals surface area (Å²) in [6.07, 6.45) is 0.907. The molecule has 0 spiro atoms. The third-order valence-corrected chi connectivity index (χ3v) is 6.21. The van der Waals surface area contributed by atoms with Crippen LogP contribution in [-0.4, -0.2) is 55.3 Å². The zero-order chi connectivity index (χ0) is 21.7. The van der Waals surface area contributed by atoms with Crippen LogP contribution in [0.3, 0.4) is 0 Å². The van der Waals surface area contributed by atoms with Crippen LogP contribution in [0.15, 0.2) is 36.4 Å². The van der Waals surface area contributed by atoms with Crippen LogP contribution in [0.1, 0.15) is 33.8 Å². The molecule has 0 radical (unpaired) electrons. The predicted molar refractivity (Wildman–Crippen MR) is 118 cm³/mol. The van der Waals surface area contributed by atoms with Gasteiger partial charge < -0.3 is 20.9 Å². The average Bonchev–Trinajstić information content (AvgIpc) is 3.08. The van der Waals surface area contributed by atoms with Gasteiger partial charge in [0.05, 0.1) is 15.3 Å². The van der Waals surface area contributed by atoms with Crippen LogP contribution in [-0.2, 0) is 16.0 Å². The highest BCUT2D eigenvalue weighted by atomic mass is 35.5. The second-order valence-electron chi connectivity index (χ2n) is 7.34. The molecule has 2 heterocycles. The van der Waals surface area contributed by atoms with E-state index in [4.69, 9.17) is 11.6 Å². The standard InChI is InChI=1S/C21H25ClN4O3S/c1-13(27)23-11-16(24-21(29)18-7-8-19(22)30-18)20(28)25-17-12-26(2)10-9-14-5-3-4-6-15(14)17/h3-8,16-17H,9-12H2,1-2H3,(H,23,27)(H,24,29)(H,25,28)/t16-,17?/m1/s1. The number of fused-ring (bicyclic) bond motifs is 1. The number of hydrogen-bond donors (Lipinski definition) is 3. The minimum Gasteiger partial charge on any atom is -0.354 e. The number of thiophene rings is 1. The lowest BCUT2D eigenvalue weighted by molar-refractivity contribution is -0.124. The molecule has 0 aliphatic carbocycles. The molecule has 3 N–H and O–H groups in total. The van der Waals surface area contributed by atoms with Gasteiger partial charge in [0.25, 0.3) is 5.91 Å². The van der Waals surface area contributed by atoms with E-state index in [1.165, 1.54) is 12.5 Å². The molecule has 0 fully saturated rings. The number of halogens is 1. The van der Waals surface area contributed by atoms with Gasteiger partial charge in [-0.25, -0.2) is 0 Å². The van der Waals surface area contributed by atoms with Gasteiger partial charge in [0.1, 0.15) is 6.04 Å². The third kappa shape index (κ3) is 5.81. The lowest BCUT2D eigenvalue weighted by atomic mass is 9.99. The quantitative estimate of drug-likeness (QED) is 0.630. The number of hydrogen-bond acceptors (Lipinski definition) is 5. The number of nitrogens with one attached hydrogen (secondary N) is 3. The van der Waals surface area contributed by atoms with Crippen molar-refractivity contribution >= 4 is 40.7 Å². The summed E-state index contributed by atoms with van der Waals surface area (Å²) in [7, 11) is 2.02. The van der Waals surface area contributed by atoms with Gasteiger partial charge in [-0.2, -0.15) is 0 Å². The number of amides is 3. The van der Waals surface area contributed by atoms with Crippen molar-refractivity contribution < 1.29 is 14.4 Å². The number of carbonyl (C=O) groups excluding carboxylic acids is 3. The van der Waals surface area contributed by atoms with E-state index < -0.39 is 11.9 Å². The fourth-order valence-electron chi connectivity index (χ4n) is 3.43. The largest absolute Gasteiger partial charge is 0.354 e. The molecule has 1 aromatic carbocycles. The molecule has 0 saturated carbocycles. The van der Waals surface area contributed by atoms with E-state index in [1.807, 2.05) is 25.2 Å². The van der Waals surface area contributed by atoms with Crippen molar-refractivity contribution in [1.29, 1.82) is 0 Å². The summed E-state index contributed by atoms with van der Waals surface area (Å²) in [5.74, 6) is -1.04. The molecule has 1 aliphatic rings. The number of likely N-dealkylation sites (N-methyl/N-ethyl adjacent to an activating group) is 1. The maximum absolute atomic E-state index is 13.1. The summed E-state index contributed by atoms with van der Waals surface area (Å²) in [6.45, 7) is 2.92. The normalized spacial score (nSPS) is 17.4. The second kappa shape index (κ2) is 10.1. The number of carbonyl (C=O) groups is 3. The number of rotatable bonds is 6. The van der Waals surface area contributed by atoms with Gasteiger partial charge in [0.2, 0.25) is 11.8 Å². The monoisotopic (exact) mass is 448 g/mol. The van der Waals surface area contributed by atoms with Crippen molar-refractivity contribution in [2.24, 2.45) is 0 Å². The zero-order valence-electron chi connectivity index (χ0n) is 16.9. The fraction of sp³-hybridized carbons (Fsp3) is 0.381. The molecule has 2 aromatic rings. The highest BCUT2D eigenvalue weighted by Crippen LogP contribution is 2.24. The van der Waals surface area contributed by atoms with Crippen LogP contribution in [0.5, 0.6) is 0 Å². The second-order valence-corrected chi connectivity index (χ2v) is 9.05. The average molecular weight is 449 g/mol. The van der Waals surface area contributed by atoms with Gasteiger partial charge >= 0.3 is 0 Å². The lowest BCUT2D eigenvalue weighted by Crippen LogP contribution is -2.53. The summed E-state index contributed by atoms with van der Waals surface area (Å²) in [5, 5.41) is 8.40. The maximum atomic E-state index is 13.1. The van der Waals surface area contributed by atoms with Gasteiger partial charge in [-0.05, 0) is 36.7 Å². The van der Waals surface area contributed by atoms with Crippen LogP contribution in [0.4, 0.5) is 0 Å². The smallest absolute Gasteiger partial charge is 0.262 e. The Morgan fingerprint density at radius 3 is 2.70 bits per heavy atom. The van der Waals surface area contributed by atoms with E-state index in [0.29, 0.717) is 15.8 Å². The first-order chi connectivity index (χ1) is 14.3. The highest BCUT2D eigenvalue weighted by molar-refractivity contribution is 7.18. The molecule has 9 heteroatoms. The van der Waals surface area contributed by atoms with Crippen molar-refractivity contribution in [3.63, 3.8) is 0 Å². The van der Waals surface area contributed by atoms with Crippen LogP contribution >= 0.6 is 22.9 Å². The van der Waals surface area contributed by atoms with Gasteiger partial charge in [0, 0.05) is 26.6 Å². The Kier molecular flexibility index (Phi) is 7.47. The molecule has 2 atom stereocenters. The molecule has 30 heavy (non-hydrogen) atoms. The summed E-state index contributed by atoms with van der Waals surface area (Å²) < 4.78 is 0.487. The zero-order valence-corrected chi connectivity index (χ0v) is 18.5. The molecular weight excluding hydrogens is 424 g/mol.